The van der Waals surface area contributed by atoms with Crippen molar-refractivity contribution < 1.29 is 4.52 Å². The lowest BCUT2D eigenvalue weighted by Crippen LogP contribution is -2.29. The molecule has 0 amide bonds. The van der Waals surface area contributed by atoms with Crippen LogP contribution in [-0.2, 0) is 0 Å². The Morgan fingerprint density at radius 2 is 1.96 bits per heavy atom. The Labute approximate surface area is 139 Å². The molecule has 1 atom stereocenters. The van der Waals surface area contributed by atoms with E-state index >= 15 is 0 Å². The van der Waals surface area contributed by atoms with Gasteiger partial charge in [-0.2, -0.15) is 4.98 Å². The van der Waals surface area contributed by atoms with Crippen molar-refractivity contribution >= 4 is 5.69 Å². The predicted molar refractivity (Wildman–Crippen MR) is 88.2 cm³/mol. The SMILES string of the molecule is c1ccc2c(c1)N1CCCC1c1c(-c3noc(C4CC4)n3)ncn1-2. The minimum absolute atomic E-state index is 0.347. The highest BCUT2D eigenvalue weighted by atomic mass is 16.5. The van der Waals surface area contributed by atoms with E-state index in [2.05, 4.69) is 48.9 Å². The van der Waals surface area contributed by atoms with E-state index in [1.54, 1.807) is 0 Å². The normalized spacial score (nSPS) is 21.5. The lowest BCUT2D eigenvalue weighted by atomic mass is 10.0. The molecule has 2 aromatic heterocycles. The summed E-state index contributed by atoms with van der Waals surface area (Å²) in [6.07, 6.45) is 6.56. The first-order chi connectivity index (χ1) is 11.9. The zero-order valence-electron chi connectivity index (χ0n) is 13.2. The molecule has 0 radical (unpaired) electrons. The Hall–Kier alpha value is -2.63. The molecule has 3 aliphatic rings. The van der Waals surface area contributed by atoms with Crippen LogP contribution in [-0.4, -0.2) is 26.2 Å². The van der Waals surface area contributed by atoms with Crippen LogP contribution in [0.25, 0.3) is 17.2 Å². The maximum absolute atomic E-state index is 5.46. The molecule has 6 rings (SSSR count). The summed E-state index contributed by atoms with van der Waals surface area (Å²) in [5.41, 5.74) is 4.56. The highest BCUT2D eigenvalue weighted by Gasteiger charge is 2.38. The highest BCUT2D eigenvalue weighted by molar-refractivity contribution is 5.71. The zero-order valence-corrected chi connectivity index (χ0v) is 13.2. The molecule has 3 aromatic rings. The summed E-state index contributed by atoms with van der Waals surface area (Å²) in [6, 6.07) is 8.90. The minimum atomic E-state index is 0.347. The number of anilines is 1. The van der Waals surface area contributed by atoms with Crippen LogP contribution >= 0.6 is 0 Å². The van der Waals surface area contributed by atoms with Crippen molar-refractivity contribution in [1.29, 1.82) is 0 Å². The van der Waals surface area contributed by atoms with Gasteiger partial charge in [0.15, 0.2) is 0 Å². The van der Waals surface area contributed by atoms with Crippen LogP contribution < -0.4 is 4.90 Å². The Balaban J connectivity index is 1.55. The van der Waals surface area contributed by atoms with E-state index in [-0.39, 0.29) is 0 Å². The van der Waals surface area contributed by atoms with Crippen LogP contribution in [0.15, 0.2) is 35.1 Å². The standard InChI is InChI=1S/C18H17N5O/c1-2-5-13-12(4-1)22-9-3-6-14(22)16-15(19-10-23(13)16)17-20-18(24-21-17)11-7-8-11/h1-2,4-5,10-11,14H,3,6-9H2. The molecule has 6 heteroatoms. The van der Waals surface area contributed by atoms with Gasteiger partial charge >= 0.3 is 0 Å². The van der Waals surface area contributed by atoms with Crippen molar-refractivity contribution in [3.05, 3.63) is 42.2 Å². The molecule has 2 aliphatic heterocycles. The fourth-order valence-corrected chi connectivity index (χ4v) is 4.12. The summed E-state index contributed by atoms with van der Waals surface area (Å²) >= 11 is 0. The molecule has 1 aromatic carbocycles. The molecule has 1 saturated carbocycles. The number of nitrogens with zero attached hydrogens (tertiary/aromatic N) is 5. The largest absolute Gasteiger partial charge is 0.361 e. The molecule has 2 fully saturated rings. The molecule has 1 unspecified atom stereocenters. The van der Waals surface area contributed by atoms with Crippen molar-refractivity contribution in [3.8, 4) is 17.2 Å². The second-order valence-corrected chi connectivity index (χ2v) is 6.92. The van der Waals surface area contributed by atoms with Gasteiger partial charge in [0.1, 0.15) is 12.0 Å². The van der Waals surface area contributed by atoms with E-state index in [4.69, 9.17) is 4.52 Å². The molecule has 4 heterocycles. The van der Waals surface area contributed by atoms with Gasteiger partial charge < -0.3 is 9.42 Å². The topological polar surface area (TPSA) is 60.0 Å². The average molecular weight is 319 g/mol. The third-order valence-electron chi connectivity index (χ3n) is 5.40. The Morgan fingerprint density at radius 3 is 2.83 bits per heavy atom. The number of para-hydroxylation sites is 2. The number of imidazole rings is 1. The van der Waals surface area contributed by atoms with Gasteiger partial charge in [-0.3, -0.25) is 4.57 Å². The number of fused-ring (bicyclic) bond motifs is 6. The third-order valence-corrected chi connectivity index (χ3v) is 5.40. The Morgan fingerprint density at radius 1 is 1.08 bits per heavy atom. The summed E-state index contributed by atoms with van der Waals surface area (Å²) < 4.78 is 7.67. The number of aromatic nitrogens is 4. The summed E-state index contributed by atoms with van der Waals surface area (Å²) in [5.74, 6) is 1.87. The second-order valence-electron chi connectivity index (χ2n) is 6.92. The van der Waals surface area contributed by atoms with E-state index in [1.807, 2.05) is 6.33 Å². The first kappa shape index (κ1) is 12.8. The van der Waals surface area contributed by atoms with Crippen LogP contribution in [0, 0.1) is 0 Å². The maximum Gasteiger partial charge on any atom is 0.230 e. The smallest absolute Gasteiger partial charge is 0.230 e. The number of hydrogen-bond acceptors (Lipinski definition) is 5. The Bertz CT molecular complexity index is 939. The van der Waals surface area contributed by atoms with Crippen LogP contribution in [0.5, 0.6) is 0 Å². The molecular weight excluding hydrogens is 302 g/mol. The van der Waals surface area contributed by atoms with Gasteiger partial charge in [-0.25, -0.2) is 4.98 Å². The number of benzene rings is 1. The van der Waals surface area contributed by atoms with Crippen molar-refractivity contribution in [2.45, 2.75) is 37.6 Å². The van der Waals surface area contributed by atoms with Crippen molar-refractivity contribution in [2.24, 2.45) is 0 Å². The molecule has 0 spiro atoms. The molecule has 1 saturated heterocycles. The molecular formula is C18H17N5O. The summed E-state index contributed by atoms with van der Waals surface area (Å²) in [5, 5.41) is 4.22. The molecule has 1 aliphatic carbocycles. The lowest BCUT2D eigenvalue weighted by molar-refractivity contribution is 0.380. The zero-order chi connectivity index (χ0) is 15.7. The fraction of sp³-hybridized carbons (Fsp3) is 0.389. The van der Waals surface area contributed by atoms with Crippen LogP contribution in [0.3, 0.4) is 0 Å². The van der Waals surface area contributed by atoms with Crippen molar-refractivity contribution in [3.63, 3.8) is 0 Å². The second kappa shape index (κ2) is 4.47. The van der Waals surface area contributed by atoms with E-state index in [9.17, 15) is 0 Å². The molecule has 0 N–H and O–H groups in total. The highest BCUT2D eigenvalue weighted by Crippen LogP contribution is 2.47. The third kappa shape index (κ3) is 1.63. The summed E-state index contributed by atoms with van der Waals surface area (Å²) in [6.45, 7) is 1.09. The van der Waals surface area contributed by atoms with E-state index in [0.717, 1.165) is 37.4 Å². The maximum atomic E-state index is 5.46. The average Bonchev–Trinajstić information content (AvgIpc) is 3.05. The van der Waals surface area contributed by atoms with Crippen LogP contribution in [0.1, 0.15) is 49.2 Å². The van der Waals surface area contributed by atoms with Gasteiger partial charge in [-0.1, -0.05) is 17.3 Å². The van der Waals surface area contributed by atoms with Gasteiger partial charge in [-0.15, -0.1) is 0 Å². The molecule has 120 valence electrons. The van der Waals surface area contributed by atoms with Crippen molar-refractivity contribution in [1.82, 2.24) is 19.7 Å². The first-order valence-corrected chi connectivity index (χ1v) is 8.67. The summed E-state index contributed by atoms with van der Waals surface area (Å²) in [7, 11) is 0. The lowest BCUT2D eigenvalue weighted by Gasteiger charge is -2.34. The minimum Gasteiger partial charge on any atom is -0.361 e. The molecule has 0 bridgehead atoms. The van der Waals surface area contributed by atoms with Crippen LogP contribution in [0.2, 0.25) is 0 Å². The van der Waals surface area contributed by atoms with E-state index < -0.39 is 0 Å². The van der Waals surface area contributed by atoms with Gasteiger partial charge in [0.25, 0.3) is 0 Å². The van der Waals surface area contributed by atoms with E-state index in [0.29, 0.717) is 17.8 Å². The predicted octanol–water partition coefficient (Wildman–Crippen LogP) is 3.45. The number of hydrogen-bond donors (Lipinski definition) is 0. The first-order valence-electron chi connectivity index (χ1n) is 8.67. The van der Waals surface area contributed by atoms with Gasteiger partial charge in [-0.05, 0) is 37.8 Å². The quantitative estimate of drug-likeness (QED) is 0.724. The van der Waals surface area contributed by atoms with E-state index in [1.165, 1.54) is 23.5 Å². The van der Waals surface area contributed by atoms with Gasteiger partial charge in [0, 0.05) is 12.5 Å². The molecule has 6 nitrogen and oxygen atoms in total. The number of rotatable bonds is 2. The van der Waals surface area contributed by atoms with Gasteiger partial charge in [0.05, 0.1) is 23.1 Å². The van der Waals surface area contributed by atoms with Gasteiger partial charge in [0.2, 0.25) is 11.7 Å². The van der Waals surface area contributed by atoms with Crippen molar-refractivity contribution in [2.75, 3.05) is 11.4 Å². The van der Waals surface area contributed by atoms with Crippen LogP contribution in [0.4, 0.5) is 5.69 Å². The monoisotopic (exact) mass is 319 g/mol. The summed E-state index contributed by atoms with van der Waals surface area (Å²) in [4.78, 5) is 11.8. The Kier molecular flexibility index (Phi) is 2.37. The fourth-order valence-electron chi connectivity index (χ4n) is 4.12. The molecule has 24 heavy (non-hydrogen) atoms.